The second-order valence-corrected chi connectivity index (χ2v) is 15.8. The molecule has 0 spiro atoms. The van der Waals surface area contributed by atoms with E-state index in [1.165, 1.54) is 0 Å². The number of carbonyl (C=O) groups is 4. The average Bonchev–Trinajstić information content (AvgIpc) is 4.02. The van der Waals surface area contributed by atoms with Gasteiger partial charge in [0.15, 0.2) is 0 Å². The second kappa shape index (κ2) is 20.4. The van der Waals surface area contributed by atoms with Crippen molar-refractivity contribution in [1.29, 1.82) is 0 Å². The zero-order valence-corrected chi connectivity index (χ0v) is 32.4. The molecule has 13 nitrogen and oxygen atoms in total. The van der Waals surface area contributed by atoms with Gasteiger partial charge in [0.2, 0.25) is 0 Å². The summed E-state index contributed by atoms with van der Waals surface area (Å²) >= 11 is 0. The van der Waals surface area contributed by atoms with Gasteiger partial charge in [0.25, 0.3) is 0 Å². The van der Waals surface area contributed by atoms with E-state index in [2.05, 4.69) is 16.0 Å². The first-order valence-corrected chi connectivity index (χ1v) is 20.3. The predicted molar refractivity (Wildman–Crippen MR) is 214 cm³/mol. The van der Waals surface area contributed by atoms with Crippen molar-refractivity contribution in [2.75, 3.05) is 59.0 Å². The summed E-state index contributed by atoms with van der Waals surface area (Å²) in [5.41, 5.74) is 3.53. The summed E-state index contributed by atoms with van der Waals surface area (Å²) in [6.45, 7) is 5.13. The summed E-state index contributed by atoms with van der Waals surface area (Å²) in [6.07, 6.45) is 3.52. The van der Waals surface area contributed by atoms with E-state index >= 15 is 0 Å². The fourth-order valence-electron chi connectivity index (χ4n) is 8.60. The molecule has 0 saturated carbocycles. The summed E-state index contributed by atoms with van der Waals surface area (Å²) in [5, 5.41) is 39.7. The lowest BCUT2D eigenvalue weighted by Gasteiger charge is -2.23. The Kier molecular flexibility index (Phi) is 14.9. The quantitative estimate of drug-likeness (QED) is 0.0952. The maximum absolute atomic E-state index is 13.8. The first-order chi connectivity index (χ1) is 27.6. The molecule has 3 fully saturated rings. The van der Waals surface area contributed by atoms with Crippen LogP contribution >= 0.6 is 0 Å². The van der Waals surface area contributed by atoms with Crippen LogP contribution in [-0.2, 0) is 40.1 Å². The van der Waals surface area contributed by atoms with E-state index < -0.39 is 41.8 Å². The third-order valence-corrected chi connectivity index (χ3v) is 11.9. The Morgan fingerprint density at radius 3 is 1.51 bits per heavy atom. The third-order valence-electron chi connectivity index (χ3n) is 11.9. The molecule has 13 heteroatoms. The number of amides is 1. The van der Waals surface area contributed by atoms with Crippen molar-refractivity contribution in [1.82, 2.24) is 20.9 Å². The van der Waals surface area contributed by atoms with Crippen LogP contribution < -0.4 is 25.4 Å². The van der Waals surface area contributed by atoms with Crippen molar-refractivity contribution in [2.24, 2.45) is 35.5 Å². The number of nitrogens with zero attached hydrogens (tertiary/aromatic N) is 1. The standard InChI is InChI=1S/C44H56N4O9/c49-41(50)38(33-10-14-45-26-33)23-30-5-1-4-29(20-30)13-17-48(18-19-56-36-8-2-6-31(21-36)24-39(42(51)52)34-11-15-46-27-34)44(55)57-37-9-3-7-32(22-37)25-40(43(53)54)35-12-16-47-28-35/h1-9,20-22,33-35,38-40,45-47H,10-19,23-28H2,(H,49,50)(H,51,52)(H,53,54)/t33-,34-,35-,38-,39-,40-/m0/s1. The molecule has 3 saturated heterocycles. The Balaban J connectivity index is 1.13. The minimum Gasteiger partial charge on any atom is -0.492 e. The van der Waals surface area contributed by atoms with E-state index in [9.17, 15) is 34.5 Å². The topological polar surface area (TPSA) is 187 Å². The van der Waals surface area contributed by atoms with Crippen LogP contribution in [0.2, 0.25) is 0 Å². The zero-order chi connectivity index (χ0) is 40.1. The van der Waals surface area contributed by atoms with Crippen molar-refractivity contribution >= 4 is 24.0 Å². The normalized spacial score (nSPS) is 20.7. The van der Waals surface area contributed by atoms with Crippen LogP contribution in [0.3, 0.4) is 0 Å². The molecule has 306 valence electrons. The smallest absolute Gasteiger partial charge is 0.415 e. The van der Waals surface area contributed by atoms with Crippen molar-refractivity contribution in [3.05, 3.63) is 95.1 Å². The van der Waals surface area contributed by atoms with E-state index in [1.807, 2.05) is 54.6 Å². The highest BCUT2D eigenvalue weighted by Gasteiger charge is 2.33. The Morgan fingerprint density at radius 1 is 0.596 bits per heavy atom. The summed E-state index contributed by atoms with van der Waals surface area (Å²) in [5.74, 6) is -2.90. The highest BCUT2D eigenvalue weighted by atomic mass is 16.6. The van der Waals surface area contributed by atoms with Crippen LogP contribution in [0.25, 0.3) is 0 Å². The maximum Gasteiger partial charge on any atom is 0.415 e. The Morgan fingerprint density at radius 2 is 1.04 bits per heavy atom. The fourth-order valence-corrected chi connectivity index (χ4v) is 8.60. The van der Waals surface area contributed by atoms with Gasteiger partial charge in [-0.2, -0.15) is 0 Å². The molecule has 3 aromatic rings. The third kappa shape index (κ3) is 12.0. The van der Waals surface area contributed by atoms with Crippen LogP contribution in [0.5, 0.6) is 11.5 Å². The number of carbonyl (C=O) groups excluding carboxylic acids is 1. The lowest BCUT2D eigenvalue weighted by atomic mass is 9.86. The highest BCUT2D eigenvalue weighted by molar-refractivity contribution is 5.72. The highest BCUT2D eigenvalue weighted by Crippen LogP contribution is 2.28. The first kappa shape index (κ1) is 41.6. The molecule has 0 aliphatic carbocycles. The molecule has 6 rings (SSSR count). The summed E-state index contributed by atoms with van der Waals surface area (Å²) < 4.78 is 12.0. The summed E-state index contributed by atoms with van der Waals surface area (Å²) in [6, 6.07) is 22.3. The Hall–Kier alpha value is -4.98. The van der Waals surface area contributed by atoms with Crippen LogP contribution in [-0.4, -0.2) is 103 Å². The van der Waals surface area contributed by atoms with Gasteiger partial charge < -0.3 is 45.6 Å². The van der Waals surface area contributed by atoms with E-state index in [-0.39, 0.29) is 30.9 Å². The molecule has 6 N–H and O–H groups in total. The van der Waals surface area contributed by atoms with E-state index in [0.717, 1.165) is 61.2 Å². The van der Waals surface area contributed by atoms with E-state index in [0.29, 0.717) is 63.4 Å². The van der Waals surface area contributed by atoms with Gasteiger partial charge in [0.1, 0.15) is 18.1 Å². The number of rotatable bonds is 20. The summed E-state index contributed by atoms with van der Waals surface area (Å²) in [7, 11) is 0. The summed E-state index contributed by atoms with van der Waals surface area (Å²) in [4.78, 5) is 51.9. The van der Waals surface area contributed by atoms with E-state index in [1.54, 1.807) is 23.1 Å². The first-order valence-electron chi connectivity index (χ1n) is 20.3. The Bertz CT molecular complexity index is 1820. The molecule has 57 heavy (non-hydrogen) atoms. The van der Waals surface area contributed by atoms with Gasteiger partial charge in [-0.1, -0.05) is 48.5 Å². The second-order valence-electron chi connectivity index (χ2n) is 15.8. The van der Waals surface area contributed by atoms with Crippen LogP contribution in [0.1, 0.15) is 41.5 Å². The molecule has 3 aliphatic rings. The number of nitrogens with one attached hydrogen (secondary N) is 3. The largest absolute Gasteiger partial charge is 0.492 e. The SMILES string of the molecule is O=C(O)[C@@H](Cc1cccc(CCN(CCOc2cccc(C[C@H](C(=O)O)[C@H]3CCNC3)c2)C(=O)Oc2cccc(C[C@H](C(=O)O)[C@H]3CCNC3)c2)c1)[C@H]1CCNC1. The van der Waals surface area contributed by atoms with Gasteiger partial charge in [-0.25, -0.2) is 4.79 Å². The molecule has 0 aromatic heterocycles. The zero-order valence-electron chi connectivity index (χ0n) is 32.4. The fraction of sp³-hybridized carbons (Fsp3) is 0.500. The lowest BCUT2D eigenvalue weighted by Crippen LogP contribution is -2.38. The van der Waals surface area contributed by atoms with Crippen molar-refractivity contribution in [3.8, 4) is 11.5 Å². The molecule has 3 heterocycles. The van der Waals surface area contributed by atoms with Gasteiger partial charge in [0, 0.05) is 6.54 Å². The molecule has 0 unspecified atom stereocenters. The number of ether oxygens (including phenoxy) is 2. The lowest BCUT2D eigenvalue weighted by molar-refractivity contribution is -0.144. The van der Waals surface area contributed by atoms with Crippen molar-refractivity contribution in [3.63, 3.8) is 0 Å². The van der Waals surface area contributed by atoms with E-state index in [4.69, 9.17) is 9.47 Å². The van der Waals surface area contributed by atoms with Gasteiger partial charge in [-0.05, 0) is 148 Å². The maximum atomic E-state index is 13.8. The molecular formula is C44H56N4O9. The van der Waals surface area contributed by atoms with Gasteiger partial charge in [-0.15, -0.1) is 0 Å². The molecule has 3 aromatic carbocycles. The monoisotopic (exact) mass is 784 g/mol. The number of hydrogen-bond donors (Lipinski definition) is 6. The Labute approximate surface area is 334 Å². The van der Waals surface area contributed by atoms with Crippen LogP contribution in [0.4, 0.5) is 4.79 Å². The predicted octanol–water partition coefficient (Wildman–Crippen LogP) is 4.37. The molecule has 1 amide bonds. The molecule has 3 aliphatic heterocycles. The number of aliphatic carboxylic acids is 3. The minimum atomic E-state index is -0.839. The molecule has 0 radical (unpaired) electrons. The van der Waals surface area contributed by atoms with Gasteiger partial charge in [0.05, 0.1) is 24.3 Å². The van der Waals surface area contributed by atoms with Crippen molar-refractivity contribution < 1.29 is 44.0 Å². The van der Waals surface area contributed by atoms with Gasteiger partial charge >= 0.3 is 24.0 Å². The molecule has 0 bridgehead atoms. The molecular weight excluding hydrogens is 729 g/mol. The van der Waals surface area contributed by atoms with Crippen LogP contribution in [0.15, 0.2) is 72.8 Å². The van der Waals surface area contributed by atoms with Crippen LogP contribution in [0, 0.1) is 35.5 Å². The number of benzene rings is 3. The van der Waals surface area contributed by atoms with Gasteiger partial charge in [-0.3, -0.25) is 14.4 Å². The number of carboxylic acids is 3. The number of hydrogen-bond acceptors (Lipinski definition) is 9. The van der Waals surface area contributed by atoms with Crippen molar-refractivity contribution in [2.45, 2.75) is 44.9 Å². The average molecular weight is 785 g/mol. The minimum absolute atomic E-state index is 0.0290. The molecule has 6 atom stereocenters. The number of carboxylic acid groups (broad SMARTS) is 3.